The average molecular weight is 356 g/mol. The van der Waals surface area contributed by atoms with Gasteiger partial charge in [0.2, 0.25) is 5.91 Å². The number of carboxylic acids is 1. The summed E-state index contributed by atoms with van der Waals surface area (Å²) in [5.41, 5.74) is 1.17. The molecule has 0 aliphatic carbocycles. The number of nitrogens with one attached hydrogen (secondary N) is 2. The summed E-state index contributed by atoms with van der Waals surface area (Å²) in [6, 6.07) is -1.06. The van der Waals surface area contributed by atoms with Crippen LogP contribution in [-0.2, 0) is 14.3 Å². The first-order valence-corrected chi connectivity index (χ1v) is 8.54. The lowest BCUT2D eigenvalue weighted by Crippen LogP contribution is -2.41. The number of hydrogen-bond acceptors (Lipinski definition) is 6. The highest BCUT2D eigenvalue weighted by Gasteiger charge is 2.23. The normalized spacial score (nSPS) is 13.2. The van der Waals surface area contributed by atoms with Crippen molar-refractivity contribution in [2.24, 2.45) is 0 Å². The molecule has 0 saturated carbocycles. The molecule has 0 aromatic carbocycles. The van der Waals surface area contributed by atoms with E-state index in [1.807, 2.05) is 13.8 Å². The Morgan fingerprint density at radius 1 is 1.25 bits per heavy atom. The lowest BCUT2D eigenvalue weighted by molar-refractivity contribution is -0.139. The van der Waals surface area contributed by atoms with Crippen LogP contribution in [0, 0.1) is 13.8 Å². The standard InChI is InChI=1S/C16H24N2O5S/c1-6-23-16(22)13-9(3)11(5)24-14(13)18-12(19)7-8(2)17-10(4)15(20)21/h8,10,17H,6-7H2,1-5H3,(H,18,19)(H,20,21)/t8?,10-/m1/s1. The number of amides is 1. The van der Waals surface area contributed by atoms with Gasteiger partial charge >= 0.3 is 11.9 Å². The molecule has 134 valence electrons. The number of anilines is 1. The van der Waals surface area contributed by atoms with E-state index >= 15 is 0 Å². The smallest absolute Gasteiger partial charge is 0.341 e. The molecule has 2 atom stereocenters. The zero-order valence-corrected chi connectivity index (χ0v) is 15.4. The zero-order valence-electron chi connectivity index (χ0n) is 14.6. The zero-order chi connectivity index (χ0) is 18.4. The molecule has 0 aliphatic heterocycles. The molecule has 8 heteroatoms. The minimum atomic E-state index is -0.976. The highest BCUT2D eigenvalue weighted by molar-refractivity contribution is 7.16. The predicted molar refractivity (Wildman–Crippen MR) is 92.7 cm³/mol. The molecule has 0 fully saturated rings. The van der Waals surface area contributed by atoms with Crippen LogP contribution in [0.25, 0.3) is 0 Å². The van der Waals surface area contributed by atoms with E-state index in [9.17, 15) is 14.4 Å². The van der Waals surface area contributed by atoms with Gasteiger partial charge in [-0.1, -0.05) is 0 Å². The number of ether oxygens (including phenoxy) is 1. The Labute approximate surface area is 145 Å². The van der Waals surface area contributed by atoms with Crippen LogP contribution in [0.15, 0.2) is 0 Å². The molecule has 0 spiro atoms. The number of hydrogen-bond donors (Lipinski definition) is 3. The van der Waals surface area contributed by atoms with Crippen molar-refractivity contribution < 1.29 is 24.2 Å². The number of aryl methyl sites for hydroxylation is 1. The van der Waals surface area contributed by atoms with E-state index in [2.05, 4.69) is 10.6 Å². The Morgan fingerprint density at radius 2 is 1.88 bits per heavy atom. The molecule has 1 unspecified atom stereocenters. The van der Waals surface area contributed by atoms with Gasteiger partial charge in [0, 0.05) is 17.3 Å². The number of carbonyl (C=O) groups excluding carboxylic acids is 2. The summed E-state index contributed by atoms with van der Waals surface area (Å²) < 4.78 is 5.04. The summed E-state index contributed by atoms with van der Waals surface area (Å²) >= 11 is 1.32. The monoisotopic (exact) mass is 356 g/mol. The fourth-order valence-electron chi connectivity index (χ4n) is 2.18. The summed E-state index contributed by atoms with van der Waals surface area (Å²) in [4.78, 5) is 36.0. The van der Waals surface area contributed by atoms with Crippen LogP contribution >= 0.6 is 11.3 Å². The van der Waals surface area contributed by atoms with Gasteiger partial charge in [0.1, 0.15) is 11.0 Å². The highest BCUT2D eigenvalue weighted by Crippen LogP contribution is 2.33. The van der Waals surface area contributed by atoms with Crippen molar-refractivity contribution in [2.75, 3.05) is 11.9 Å². The van der Waals surface area contributed by atoms with Gasteiger partial charge in [-0.3, -0.25) is 9.59 Å². The van der Waals surface area contributed by atoms with E-state index < -0.39 is 18.0 Å². The van der Waals surface area contributed by atoms with Crippen molar-refractivity contribution in [3.63, 3.8) is 0 Å². The van der Waals surface area contributed by atoms with Crippen molar-refractivity contribution >= 4 is 34.2 Å². The molecule has 7 nitrogen and oxygen atoms in total. The van der Waals surface area contributed by atoms with Gasteiger partial charge < -0.3 is 20.5 Å². The minimum Gasteiger partial charge on any atom is -0.480 e. The SMILES string of the molecule is CCOC(=O)c1c(NC(=O)CC(C)N[C@H](C)C(=O)O)sc(C)c1C. The maximum Gasteiger partial charge on any atom is 0.341 e. The number of rotatable bonds is 8. The summed E-state index contributed by atoms with van der Waals surface area (Å²) in [7, 11) is 0. The Bertz CT molecular complexity index is 626. The molecule has 1 amide bonds. The Kier molecular flexibility index (Phi) is 7.37. The summed E-state index contributed by atoms with van der Waals surface area (Å²) in [5.74, 6) is -1.73. The molecule has 24 heavy (non-hydrogen) atoms. The number of carboxylic acid groups (broad SMARTS) is 1. The van der Waals surface area contributed by atoms with Crippen LogP contribution in [-0.4, -0.2) is 41.6 Å². The van der Waals surface area contributed by atoms with Crippen LogP contribution in [0.2, 0.25) is 0 Å². The number of esters is 1. The summed E-state index contributed by atoms with van der Waals surface area (Å²) in [6.45, 7) is 8.91. The van der Waals surface area contributed by atoms with Gasteiger partial charge in [-0.2, -0.15) is 0 Å². The Balaban J connectivity index is 2.78. The van der Waals surface area contributed by atoms with E-state index in [0.29, 0.717) is 10.6 Å². The van der Waals surface area contributed by atoms with Crippen molar-refractivity contribution in [3.05, 3.63) is 16.0 Å². The molecule has 1 aromatic heterocycles. The third-order valence-corrected chi connectivity index (χ3v) is 4.64. The van der Waals surface area contributed by atoms with Gasteiger partial charge in [0.05, 0.1) is 12.2 Å². The first-order chi connectivity index (χ1) is 11.2. The summed E-state index contributed by atoms with van der Waals surface area (Å²) in [5, 5.41) is 14.9. The first-order valence-electron chi connectivity index (χ1n) is 7.73. The molecule has 0 aliphatic rings. The lowest BCUT2D eigenvalue weighted by Gasteiger charge is -2.16. The molecular weight excluding hydrogens is 332 g/mol. The number of carbonyl (C=O) groups is 3. The topological polar surface area (TPSA) is 105 Å². The van der Waals surface area contributed by atoms with E-state index in [4.69, 9.17) is 9.84 Å². The second-order valence-electron chi connectivity index (χ2n) is 5.59. The van der Waals surface area contributed by atoms with Crippen LogP contribution in [0.4, 0.5) is 5.00 Å². The second-order valence-corrected chi connectivity index (χ2v) is 6.81. The molecule has 1 rings (SSSR count). The quantitative estimate of drug-likeness (QED) is 0.618. The van der Waals surface area contributed by atoms with Crippen LogP contribution < -0.4 is 10.6 Å². The van der Waals surface area contributed by atoms with Gasteiger partial charge in [0.25, 0.3) is 0 Å². The number of aliphatic carboxylic acids is 1. The van der Waals surface area contributed by atoms with Gasteiger partial charge in [-0.05, 0) is 40.2 Å². The van der Waals surface area contributed by atoms with Crippen molar-refractivity contribution in [1.29, 1.82) is 0 Å². The minimum absolute atomic E-state index is 0.0931. The predicted octanol–water partition coefficient (Wildman–Crippen LogP) is 2.32. The van der Waals surface area contributed by atoms with Crippen molar-refractivity contribution in [3.8, 4) is 0 Å². The second kappa shape index (κ2) is 8.79. The van der Waals surface area contributed by atoms with Gasteiger partial charge in [-0.25, -0.2) is 4.79 Å². The van der Waals surface area contributed by atoms with E-state index in [1.165, 1.54) is 18.3 Å². The van der Waals surface area contributed by atoms with Crippen LogP contribution in [0.1, 0.15) is 48.0 Å². The van der Waals surface area contributed by atoms with Crippen LogP contribution in [0.5, 0.6) is 0 Å². The third kappa shape index (κ3) is 5.31. The molecule has 1 heterocycles. The van der Waals surface area contributed by atoms with Crippen LogP contribution in [0.3, 0.4) is 0 Å². The van der Waals surface area contributed by atoms with E-state index in [1.54, 1.807) is 13.8 Å². The third-order valence-electron chi connectivity index (χ3n) is 3.51. The molecule has 0 bridgehead atoms. The molecule has 0 radical (unpaired) electrons. The Hall–Kier alpha value is -1.93. The van der Waals surface area contributed by atoms with Gasteiger partial charge in [0.15, 0.2) is 0 Å². The van der Waals surface area contributed by atoms with E-state index in [0.717, 1.165) is 10.4 Å². The first kappa shape index (κ1) is 20.1. The number of thiophene rings is 1. The molecule has 1 aromatic rings. The largest absolute Gasteiger partial charge is 0.480 e. The average Bonchev–Trinajstić information content (AvgIpc) is 2.73. The maximum absolute atomic E-state index is 12.2. The molecule has 0 saturated heterocycles. The van der Waals surface area contributed by atoms with Gasteiger partial charge in [-0.15, -0.1) is 11.3 Å². The molecular formula is C16H24N2O5S. The highest BCUT2D eigenvalue weighted by atomic mass is 32.1. The van der Waals surface area contributed by atoms with Crippen molar-refractivity contribution in [2.45, 2.75) is 53.1 Å². The van der Waals surface area contributed by atoms with E-state index in [-0.39, 0.29) is 25.0 Å². The Morgan fingerprint density at radius 3 is 2.42 bits per heavy atom. The fourth-order valence-corrected chi connectivity index (χ4v) is 3.24. The summed E-state index contributed by atoms with van der Waals surface area (Å²) in [6.07, 6.45) is 0.0931. The molecule has 3 N–H and O–H groups in total. The van der Waals surface area contributed by atoms with Crippen molar-refractivity contribution in [1.82, 2.24) is 5.32 Å². The lowest BCUT2D eigenvalue weighted by atomic mass is 10.1. The maximum atomic E-state index is 12.2. The fraction of sp³-hybridized carbons (Fsp3) is 0.562.